The Hall–Kier alpha value is -0.830. The van der Waals surface area contributed by atoms with Crippen LogP contribution in [0.5, 0.6) is 0 Å². The molecule has 1 N–H and O–H groups in total. The number of rotatable bonds is 6. The second kappa shape index (κ2) is 7.26. The fraction of sp³-hybridized carbons (Fsp3) is 0.824. The smallest absolute Gasteiger partial charge is 0.0638 e. The van der Waals surface area contributed by atoms with E-state index in [9.17, 15) is 0 Å². The summed E-state index contributed by atoms with van der Waals surface area (Å²) in [5.41, 5.74) is 2.56. The van der Waals surface area contributed by atoms with Crippen LogP contribution in [0, 0.1) is 18.8 Å². The van der Waals surface area contributed by atoms with E-state index < -0.39 is 0 Å². The Morgan fingerprint density at radius 3 is 2.60 bits per heavy atom. The van der Waals surface area contributed by atoms with E-state index in [4.69, 9.17) is 5.10 Å². The van der Waals surface area contributed by atoms with Crippen molar-refractivity contribution < 1.29 is 0 Å². The number of nitrogens with one attached hydrogen (secondary N) is 1. The first kappa shape index (κ1) is 15.6. The molecule has 0 saturated heterocycles. The van der Waals surface area contributed by atoms with Gasteiger partial charge in [-0.1, -0.05) is 27.2 Å². The Morgan fingerprint density at radius 2 is 2.00 bits per heavy atom. The Balaban J connectivity index is 1.90. The van der Waals surface area contributed by atoms with E-state index in [2.05, 4.69) is 43.9 Å². The molecule has 0 atom stereocenters. The van der Waals surface area contributed by atoms with Gasteiger partial charge in [-0.2, -0.15) is 5.10 Å². The van der Waals surface area contributed by atoms with Crippen molar-refractivity contribution in [2.75, 3.05) is 6.54 Å². The van der Waals surface area contributed by atoms with Crippen molar-refractivity contribution in [2.45, 2.75) is 72.4 Å². The normalized spacial score (nSPS) is 23.4. The van der Waals surface area contributed by atoms with E-state index in [0.717, 1.165) is 19.0 Å². The molecule has 0 aliphatic heterocycles. The lowest BCUT2D eigenvalue weighted by Crippen LogP contribution is -2.19. The zero-order valence-corrected chi connectivity index (χ0v) is 13.7. The van der Waals surface area contributed by atoms with Crippen LogP contribution in [0.25, 0.3) is 0 Å². The molecular formula is C17H31N3. The van der Waals surface area contributed by atoms with Crippen LogP contribution in [0.1, 0.15) is 70.2 Å². The van der Waals surface area contributed by atoms with Gasteiger partial charge in [-0.05, 0) is 51.0 Å². The lowest BCUT2D eigenvalue weighted by Gasteiger charge is -2.27. The standard InChI is InChI=1S/C17H31N3/c1-5-15-6-8-17(9-7-15)20-12-16(14(4)19-20)11-18-10-13(2)3/h12-13,15,17-18H,5-11H2,1-4H3. The van der Waals surface area contributed by atoms with Gasteiger partial charge in [0.1, 0.15) is 0 Å². The summed E-state index contributed by atoms with van der Waals surface area (Å²) >= 11 is 0. The number of nitrogens with zero attached hydrogens (tertiary/aromatic N) is 2. The molecule has 3 heteroatoms. The Morgan fingerprint density at radius 1 is 1.30 bits per heavy atom. The molecule has 0 amide bonds. The molecule has 2 rings (SSSR count). The molecule has 3 nitrogen and oxygen atoms in total. The molecule has 1 fully saturated rings. The average Bonchev–Trinajstić information content (AvgIpc) is 2.80. The van der Waals surface area contributed by atoms with Crippen molar-refractivity contribution in [3.8, 4) is 0 Å². The van der Waals surface area contributed by atoms with Crippen molar-refractivity contribution in [1.82, 2.24) is 15.1 Å². The highest BCUT2D eigenvalue weighted by molar-refractivity contribution is 5.15. The van der Waals surface area contributed by atoms with E-state index in [1.807, 2.05) is 0 Å². The minimum absolute atomic E-state index is 0.635. The van der Waals surface area contributed by atoms with Crippen molar-refractivity contribution >= 4 is 0 Å². The summed E-state index contributed by atoms with van der Waals surface area (Å²) < 4.78 is 2.24. The molecule has 1 aromatic rings. The van der Waals surface area contributed by atoms with Gasteiger partial charge in [-0.3, -0.25) is 4.68 Å². The van der Waals surface area contributed by atoms with E-state index >= 15 is 0 Å². The maximum absolute atomic E-state index is 4.76. The van der Waals surface area contributed by atoms with Gasteiger partial charge < -0.3 is 5.32 Å². The second-order valence-corrected chi connectivity index (χ2v) is 6.83. The van der Waals surface area contributed by atoms with Crippen molar-refractivity contribution in [2.24, 2.45) is 11.8 Å². The van der Waals surface area contributed by atoms with Crippen LogP contribution in [0.2, 0.25) is 0 Å². The van der Waals surface area contributed by atoms with Gasteiger partial charge in [-0.15, -0.1) is 0 Å². The van der Waals surface area contributed by atoms with Crippen LogP contribution in [0.4, 0.5) is 0 Å². The monoisotopic (exact) mass is 277 g/mol. The molecule has 0 bridgehead atoms. The molecule has 1 aromatic heterocycles. The summed E-state index contributed by atoms with van der Waals surface area (Å²) in [4.78, 5) is 0. The molecule has 0 spiro atoms. The molecule has 20 heavy (non-hydrogen) atoms. The highest BCUT2D eigenvalue weighted by atomic mass is 15.3. The first-order valence-electron chi connectivity index (χ1n) is 8.35. The number of aromatic nitrogens is 2. The first-order valence-corrected chi connectivity index (χ1v) is 8.35. The van der Waals surface area contributed by atoms with Crippen LogP contribution >= 0.6 is 0 Å². The predicted octanol–water partition coefficient (Wildman–Crippen LogP) is 4.08. The van der Waals surface area contributed by atoms with Crippen molar-refractivity contribution in [3.63, 3.8) is 0 Å². The Bertz CT molecular complexity index is 400. The third kappa shape index (κ3) is 4.08. The van der Waals surface area contributed by atoms with Crippen molar-refractivity contribution in [3.05, 3.63) is 17.5 Å². The highest BCUT2D eigenvalue weighted by Gasteiger charge is 2.22. The minimum atomic E-state index is 0.635. The lowest BCUT2D eigenvalue weighted by atomic mass is 9.85. The average molecular weight is 277 g/mol. The zero-order valence-electron chi connectivity index (χ0n) is 13.7. The van der Waals surface area contributed by atoms with Gasteiger partial charge in [0.2, 0.25) is 0 Å². The highest BCUT2D eigenvalue weighted by Crippen LogP contribution is 2.33. The molecule has 1 aliphatic carbocycles. The quantitative estimate of drug-likeness (QED) is 0.849. The topological polar surface area (TPSA) is 29.9 Å². The third-order valence-corrected chi connectivity index (χ3v) is 4.65. The molecule has 1 saturated carbocycles. The SMILES string of the molecule is CCC1CCC(n2cc(CNCC(C)C)c(C)n2)CC1. The summed E-state index contributed by atoms with van der Waals surface area (Å²) in [5.74, 6) is 1.66. The molecule has 0 aromatic carbocycles. The van der Waals surface area contributed by atoms with Gasteiger partial charge in [-0.25, -0.2) is 0 Å². The summed E-state index contributed by atoms with van der Waals surface area (Å²) in [6, 6.07) is 0.635. The predicted molar refractivity (Wildman–Crippen MR) is 84.8 cm³/mol. The summed E-state index contributed by atoms with van der Waals surface area (Å²) in [7, 11) is 0. The lowest BCUT2D eigenvalue weighted by molar-refractivity contribution is 0.256. The van der Waals surface area contributed by atoms with E-state index in [0.29, 0.717) is 12.0 Å². The first-order chi connectivity index (χ1) is 9.60. The summed E-state index contributed by atoms with van der Waals surface area (Å²) in [6.45, 7) is 11.0. The molecule has 114 valence electrons. The summed E-state index contributed by atoms with van der Waals surface area (Å²) in [6.07, 6.45) is 8.98. The van der Waals surface area contributed by atoms with Crippen LogP contribution < -0.4 is 5.32 Å². The molecule has 0 radical (unpaired) electrons. The molecule has 1 aliphatic rings. The fourth-order valence-corrected chi connectivity index (χ4v) is 3.19. The molecule has 0 unspecified atom stereocenters. The van der Waals surface area contributed by atoms with Gasteiger partial charge in [0.05, 0.1) is 11.7 Å². The van der Waals surface area contributed by atoms with Gasteiger partial charge in [0, 0.05) is 18.3 Å². The Labute approximate surface area is 124 Å². The van der Waals surface area contributed by atoms with Gasteiger partial charge in [0.15, 0.2) is 0 Å². The minimum Gasteiger partial charge on any atom is -0.312 e. The zero-order chi connectivity index (χ0) is 14.5. The van der Waals surface area contributed by atoms with E-state index in [1.165, 1.54) is 43.4 Å². The van der Waals surface area contributed by atoms with Crippen LogP contribution in [-0.4, -0.2) is 16.3 Å². The number of aryl methyl sites for hydroxylation is 1. The maximum Gasteiger partial charge on any atom is 0.0638 e. The fourth-order valence-electron chi connectivity index (χ4n) is 3.19. The molecule has 1 heterocycles. The van der Waals surface area contributed by atoms with Gasteiger partial charge >= 0.3 is 0 Å². The number of hydrogen-bond donors (Lipinski definition) is 1. The van der Waals surface area contributed by atoms with Crippen molar-refractivity contribution in [1.29, 1.82) is 0 Å². The van der Waals surface area contributed by atoms with E-state index in [1.54, 1.807) is 0 Å². The summed E-state index contributed by atoms with van der Waals surface area (Å²) in [5, 5.41) is 8.28. The van der Waals surface area contributed by atoms with Crippen LogP contribution in [0.15, 0.2) is 6.20 Å². The van der Waals surface area contributed by atoms with E-state index in [-0.39, 0.29) is 0 Å². The third-order valence-electron chi connectivity index (χ3n) is 4.65. The number of hydrogen-bond acceptors (Lipinski definition) is 2. The largest absolute Gasteiger partial charge is 0.312 e. The molecular weight excluding hydrogens is 246 g/mol. The maximum atomic E-state index is 4.76. The van der Waals surface area contributed by atoms with Crippen LogP contribution in [0.3, 0.4) is 0 Å². The van der Waals surface area contributed by atoms with Crippen LogP contribution in [-0.2, 0) is 6.54 Å². The van der Waals surface area contributed by atoms with Gasteiger partial charge in [0.25, 0.3) is 0 Å². The Kier molecular flexibility index (Phi) is 5.64. The second-order valence-electron chi connectivity index (χ2n) is 6.83.